The van der Waals surface area contributed by atoms with Gasteiger partial charge < -0.3 is 4.74 Å². The quantitative estimate of drug-likeness (QED) is 0.541. The lowest BCUT2D eigenvalue weighted by Crippen LogP contribution is -1.78. The van der Waals surface area contributed by atoms with Crippen molar-refractivity contribution in [2.45, 2.75) is 13.8 Å². The smallest absolute Gasteiger partial charge is 0.102 e. The predicted molar refractivity (Wildman–Crippen MR) is 34.3 cm³/mol. The standard InChI is InChI=1S/C5H9BrO/c1-4(6)5(2)7-3/h1-3H3. The van der Waals surface area contributed by atoms with Crippen LogP contribution in [-0.2, 0) is 4.74 Å². The molecule has 0 bridgehead atoms. The summed E-state index contributed by atoms with van der Waals surface area (Å²) in [6, 6.07) is 0. The van der Waals surface area contributed by atoms with Crippen LogP contribution in [0.15, 0.2) is 10.2 Å². The van der Waals surface area contributed by atoms with Gasteiger partial charge in [-0.05, 0) is 13.8 Å². The van der Waals surface area contributed by atoms with Gasteiger partial charge in [-0.3, -0.25) is 0 Å². The van der Waals surface area contributed by atoms with Crippen LogP contribution in [0.2, 0.25) is 0 Å². The number of methoxy groups -OCH3 is 1. The highest BCUT2D eigenvalue weighted by Crippen LogP contribution is 2.09. The second-order valence-corrected chi connectivity index (χ2v) is 2.48. The summed E-state index contributed by atoms with van der Waals surface area (Å²) < 4.78 is 5.90. The highest BCUT2D eigenvalue weighted by Gasteiger charge is 1.86. The number of ether oxygens (including phenoxy) is 1. The van der Waals surface area contributed by atoms with E-state index >= 15 is 0 Å². The summed E-state index contributed by atoms with van der Waals surface area (Å²) in [5.41, 5.74) is 0. The Kier molecular flexibility index (Phi) is 3.09. The van der Waals surface area contributed by atoms with Gasteiger partial charge in [0.05, 0.1) is 7.11 Å². The van der Waals surface area contributed by atoms with Gasteiger partial charge in [0.15, 0.2) is 0 Å². The molecule has 0 atom stereocenters. The van der Waals surface area contributed by atoms with Gasteiger partial charge in [0.2, 0.25) is 0 Å². The lowest BCUT2D eigenvalue weighted by Gasteiger charge is -1.96. The predicted octanol–water partition coefficient (Wildman–Crippen LogP) is 2.28. The van der Waals surface area contributed by atoms with E-state index in [1.54, 1.807) is 7.11 Å². The molecular formula is C5H9BrO. The van der Waals surface area contributed by atoms with Crippen molar-refractivity contribution >= 4 is 15.9 Å². The summed E-state index contributed by atoms with van der Waals surface area (Å²) in [4.78, 5) is 0. The van der Waals surface area contributed by atoms with Crippen LogP contribution in [-0.4, -0.2) is 7.11 Å². The van der Waals surface area contributed by atoms with Gasteiger partial charge >= 0.3 is 0 Å². The Bertz CT molecular complexity index is 82.1. The molecule has 0 spiro atoms. The van der Waals surface area contributed by atoms with Crippen molar-refractivity contribution in [1.29, 1.82) is 0 Å². The zero-order valence-corrected chi connectivity index (χ0v) is 6.37. The third-order valence-electron chi connectivity index (χ3n) is 0.791. The molecule has 0 aliphatic carbocycles. The fourth-order valence-electron chi connectivity index (χ4n) is 0.141. The average Bonchev–Trinajstić information content (AvgIpc) is 1.65. The van der Waals surface area contributed by atoms with E-state index in [0.29, 0.717) is 0 Å². The third kappa shape index (κ3) is 2.68. The van der Waals surface area contributed by atoms with Gasteiger partial charge in [-0.15, -0.1) is 0 Å². The van der Waals surface area contributed by atoms with Crippen LogP contribution < -0.4 is 0 Å². The van der Waals surface area contributed by atoms with Gasteiger partial charge in [0, 0.05) is 4.48 Å². The summed E-state index contributed by atoms with van der Waals surface area (Å²) in [6.45, 7) is 3.85. The first kappa shape index (κ1) is 7.02. The van der Waals surface area contributed by atoms with E-state index in [0.717, 1.165) is 10.2 Å². The van der Waals surface area contributed by atoms with E-state index in [4.69, 9.17) is 4.74 Å². The van der Waals surface area contributed by atoms with Crippen LogP contribution in [0.3, 0.4) is 0 Å². The number of halogens is 1. The Morgan fingerprint density at radius 1 is 1.43 bits per heavy atom. The number of allylic oxidation sites excluding steroid dienone is 2. The van der Waals surface area contributed by atoms with Crippen molar-refractivity contribution < 1.29 is 4.74 Å². The zero-order valence-electron chi connectivity index (χ0n) is 4.79. The normalized spacial score (nSPS) is 13.1. The first-order chi connectivity index (χ1) is 3.18. The Morgan fingerprint density at radius 2 is 1.86 bits per heavy atom. The molecule has 0 fully saturated rings. The van der Waals surface area contributed by atoms with E-state index < -0.39 is 0 Å². The molecule has 0 amide bonds. The van der Waals surface area contributed by atoms with Gasteiger partial charge in [0.25, 0.3) is 0 Å². The average molecular weight is 165 g/mol. The summed E-state index contributed by atoms with van der Waals surface area (Å²) >= 11 is 3.25. The lowest BCUT2D eigenvalue weighted by atomic mass is 10.5. The molecule has 7 heavy (non-hydrogen) atoms. The van der Waals surface area contributed by atoms with Crippen LogP contribution in [0, 0.1) is 0 Å². The summed E-state index contributed by atoms with van der Waals surface area (Å²) in [5.74, 6) is 0.931. The van der Waals surface area contributed by atoms with Crippen molar-refractivity contribution in [3.05, 3.63) is 10.2 Å². The maximum absolute atomic E-state index is 4.84. The molecule has 0 aromatic rings. The maximum atomic E-state index is 4.84. The Labute approximate surface area is 52.5 Å². The van der Waals surface area contributed by atoms with E-state index in [1.807, 2.05) is 13.8 Å². The summed E-state index contributed by atoms with van der Waals surface area (Å²) in [6.07, 6.45) is 0. The molecule has 1 nitrogen and oxygen atoms in total. The molecule has 0 heterocycles. The minimum atomic E-state index is 0.931. The van der Waals surface area contributed by atoms with Crippen molar-refractivity contribution in [2.24, 2.45) is 0 Å². The van der Waals surface area contributed by atoms with Crippen LogP contribution in [0.25, 0.3) is 0 Å². The molecule has 2 heteroatoms. The molecule has 0 saturated carbocycles. The van der Waals surface area contributed by atoms with E-state index in [9.17, 15) is 0 Å². The molecule has 0 rings (SSSR count). The number of hydrogen-bond donors (Lipinski definition) is 0. The molecule has 0 unspecified atom stereocenters. The van der Waals surface area contributed by atoms with Crippen molar-refractivity contribution in [1.82, 2.24) is 0 Å². The van der Waals surface area contributed by atoms with Crippen LogP contribution in [0.5, 0.6) is 0 Å². The van der Waals surface area contributed by atoms with E-state index in [-0.39, 0.29) is 0 Å². The van der Waals surface area contributed by atoms with E-state index in [2.05, 4.69) is 15.9 Å². The van der Waals surface area contributed by atoms with Crippen molar-refractivity contribution in [2.75, 3.05) is 7.11 Å². The number of rotatable bonds is 1. The second kappa shape index (κ2) is 3.08. The summed E-state index contributed by atoms with van der Waals surface area (Å²) in [5, 5.41) is 0. The van der Waals surface area contributed by atoms with Crippen LogP contribution in [0.4, 0.5) is 0 Å². The fourth-order valence-corrected chi connectivity index (χ4v) is 0.303. The summed E-state index contributed by atoms with van der Waals surface area (Å²) in [7, 11) is 1.65. The molecule has 42 valence electrons. The maximum Gasteiger partial charge on any atom is 0.102 e. The molecule has 0 aliphatic rings. The van der Waals surface area contributed by atoms with Crippen molar-refractivity contribution in [3.8, 4) is 0 Å². The largest absolute Gasteiger partial charge is 0.501 e. The SMILES string of the molecule is COC(C)=C(C)Br. The topological polar surface area (TPSA) is 9.23 Å². The highest BCUT2D eigenvalue weighted by molar-refractivity contribution is 9.11. The Morgan fingerprint density at radius 3 is 1.86 bits per heavy atom. The van der Waals surface area contributed by atoms with Crippen molar-refractivity contribution in [3.63, 3.8) is 0 Å². The fraction of sp³-hybridized carbons (Fsp3) is 0.600. The molecule has 0 aromatic carbocycles. The highest BCUT2D eigenvalue weighted by atomic mass is 79.9. The zero-order chi connectivity index (χ0) is 5.86. The molecular weight excluding hydrogens is 156 g/mol. The molecule has 0 saturated heterocycles. The van der Waals surface area contributed by atoms with Gasteiger partial charge in [-0.25, -0.2) is 0 Å². The second-order valence-electron chi connectivity index (χ2n) is 1.29. The first-order valence-corrected chi connectivity index (χ1v) is 2.84. The lowest BCUT2D eigenvalue weighted by molar-refractivity contribution is 0.292. The van der Waals surface area contributed by atoms with E-state index in [1.165, 1.54) is 0 Å². The number of hydrogen-bond acceptors (Lipinski definition) is 1. The minimum absolute atomic E-state index is 0.931. The monoisotopic (exact) mass is 164 g/mol. The Hall–Kier alpha value is 0.0200. The third-order valence-corrected chi connectivity index (χ3v) is 1.35. The molecule has 0 N–H and O–H groups in total. The first-order valence-electron chi connectivity index (χ1n) is 2.05. The Balaban J connectivity index is 3.72. The van der Waals surface area contributed by atoms with Gasteiger partial charge in [-0.1, -0.05) is 15.9 Å². The van der Waals surface area contributed by atoms with Gasteiger partial charge in [-0.2, -0.15) is 0 Å². The minimum Gasteiger partial charge on any atom is -0.501 e. The van der Waals surface area contributed by atoms with Crippen LogP contribution >= 0.6 is 15.9 Å². The van der Waals surface area contributed by atoms with Gasteiger partial charge in [0.1, 0.15) is 5.76 Å². The molecule has 0 aliphatic heterocycles. The molecule has 0 radical (unpaired) electrons. The van der Waals surface area contributed by atoms with Crippen LogP contribution in [0.1, 0.15) is 13.8 Å². The molecule has 0 aromatic heterocycles.